The van der Waals surface area contributed by atoms with Crippen LogP contribution in [0.2, 0.25) is 0 Å². The zero-order chi connectivity index (χ0) is 23.6. The van der Waals surface area contributed by atoms with Gasteiger partial charge in [-0.05, 0) is 111 Å². The van der Waals surface area contributed by atoms with Crippen LogP contribution in [-0.4, -0.2) is 51.7 Å². The van der Waals surface area contributed by atoms with Gasteiger partial charge >= 0.3 is 0 Å². The molecule has 10 atom stereocenters. The lowest BCUT2D eigenvalue weighted by Gasteiger charge is -2.63. The Hall–Kier alpha value is -0.200. The summed E-state index contributed by atoms with van der Waals surface area (Å²) in [5.74, 6) is 4.27. The molecule has 4 rings (SSSR count). The lowest BCUT2D eigenvalue weighted by molar-refractivity contribution is -0.213. The van der Waals surface area contributed by atoms with Crippen LogP contribution in [0.5, 0.6) is 0 Å². The quantitative estimate of drug-likeness (QED) is 0.422. The smallest absolute Gasteiger partial charge is 0.146 e. The Kier molecular flexibility index (Phi) is 8.49. The maximum Gasteiger partial charge on any atom is 0.146 e. The third-order valence-corrected chi connectivity index (χ3v) is 11.0. The second-order valence-corrected chi connectivity index (χ2v) is 12.4. The molecule has 0 aromatic rings. The van der Waals surface area contributed by atoms with Crippen LogP contribution in [0.4, 0.5) is 0 Å². The number of hydrogen-bond donors (Lipinski definition) is 1. The van der Waals surface area contributed by atoms with E-state index in [4.69, 9.17) is 18.9 Å². The van der Waals surface area contributed by atoms with Gasteiger partial charge in [0.1, 0.15) is 13.6 Å². The van der Waals surface area contributed by atoms with Crippen molar-refractivity contribution >= 4 is 0 Å². The van der Waals surface area contributed by atoms with Crippen molar-refractivity contribution in [2.24, 2.45) is 46.3 Å². The first-order valence-electron chi connectivity index (χ1n) is 13.7. The maximum absolute atomic E-state index is 9.39. The fourth-order valence-corrected chi connectivity index (χ4v) is 9.39. The van der Waals surface area contributed by atoms with E-state index in [1.54, 1.807) is 14.2 Å². The summed E-state index contributed by atoms with van der Waals surface area (Å²) < 4.78 is 23.1. The highest BCUT2D eigenvalue weighted by molar-refractivity contribution is 5.12. The number of aliphatic hydroxyl groups is 1. The predicted molar refractivity (Wildman–Crippen MR) is 130 cm³/mol. The molecule has 4 aliphatic carbocycles. The van der Waals surface area contributed by atoms with Crippen LogP contribution in [-0.2, 0) is 18.9 Å². The number of ether oxygens (including phenoxy) is 4. The first-order valence-corrected chi connectivity index (χ1v) is 13.7. The zero-order valence-corrected chi connectivity index (χ0v) is 21.9. The minimum atomic E-state index is 0.297. The highest BCUT2D eigenvalue weighted by Crippen LogP contribution is 2.68. The number of rotatable bonds is 10. The number of fused-ring (bicyclic) bond motifs is 5. The molecule has 4 saturated carbocycles. The molecule has 4 fully saturated rings. The minimum absolute atomic E-state index is 0.297. The van der Waals surface area contributed by atoms with Crippen LogP contribution in [0.25, 0.3) is 0 Å². The lowest BCUT2D eigenvalue weighted by Crippen LogP contribution is -2.59. The van der Waals surface area contributed by atoms with Crippen molar-refractivity contribution in [2.75, 3.05) is 34.4 Å². The molecule has 10 unspecified atom stereocenters. The van der Waals surface area contributed by atoms with Crippen molar-refractivity contribution < 1.29 is 24.1 Å². The summed E-state index contributed by atoms with van der Waals surface area (Å²) in [4.78, 5) is 0. The summed E-state index contributed by atoms with van der Waals surface area (Å²) in [6.07, 6.45) is 12.8. The summed E-state index contributed by atoms with van der Waals surface area (Å²) in [5.41, 5.74) is 0.805. The van der Waals surface area contributed by atoms with Gasteiger partial charge < -0.3 is 24.1 Å². The summed E-state index contributed by atoms with van der Waals surface area (Å²) >= 11 is 0. The molecule has 0 aromatic heterocycles. The highest BCUT2D eigenvalue weighted by Gasteiger charge is 2.63. The number of hydrogen-bond acceptors (Lipinski definition) is 5. The molecule has 0 amide bonds. The summed E-state index contributed by atoms with van der Waals surface area (Å²) in [6, 6.07) is 0. The van der Waals surface area contributed by atoms with Crippen molar-refractivity contribution in [2.45, 2.75) is 97.2 Å². The molecule has 0 aliphatic heterocycles. The lowest BCUT2D eigenvalue weighted by atomic mass is 9.43. The topological polar surface area (TPSA) is 57.2 Å². The van der Waals surface area contributed by atoms with Gasteiger partial charge in [-0.15, -0.1) is 0 Å². The minimum Gasteiger partial charge on any atom is -0.396 e. The standard InChI is InChI=1S/C28H50O5/c1-19(7-6-14-29)22-8-9-23-26-24(11-13-28(22,23)3)27(2)12-10-21(32-17-30-4)15-20(27)16-25(26)33-18-31-5/h19-26,29H,6-18H2,1-5H3. The van der Waals surface area contributed by atoms with Crippen LogP contribution >= 0.6 is 0 Å². The number of aliphatic hydroxyl groups excluding tert-OH is 1. The Labute approximate surface area is 202 Å². The second kappa shape index (κ2) is 10.8. The molecular weight excluding hydrogens is 416 g/mol. The van der Waals surface area contributed by atoms with Gasteiger partial charge in [0.2, 0.25) is 0 Å². The van der Waals surface area contributed by atoms with Crippen LogP contribution in [0, 0.1) is 46.3 Å². The Balaban J connectivity index is 1.56. The van der Waals surface area contributed by atoms with Gasteiger partial charge in [0.15, 0.2) is 0 Å². The van der Waals surface area contributed by atoms with E-state index in [0.717, 1.165) is 49.9 Å². The molecule has 0 spiro atoms. The van der Waals surface area contributed by atoms with E-state index in [9.17, 15) is 5.11 Å². The van der Waals surface area contributed by atoms with Crippen LogP contribution in [0.3, 0.4) is 0 Å². The van der Waals surface area contributed by atoms with E-state index in [1.165, 1.54) is 32.1 Å². The van der Waals surface area contributed by atoms with Crippen LogP contribution in [0.15, 0.2) is 0 Å². The van der Waals surface area contributed by atoms with Crippen molar-refractivity contribution in [3.05, 3.63) is 0 Å². The first kappa shape index (κ1) is 25.9. The third-order valence-electron chi connectivity index (χ3n) is 11.0. The molecule has 33 heavy (non-hydrogen) atoms. The van der Waals surface area contributed by atoms with E-state index in [2.05, 4.69) is 20.8 Å². The van der Waals surface area contributed by atoms with Crippen molar-refractivity contribution in [3.8, 4) is 0 Å². The van der Waals surface area contributed by atoms with Gasteiger partial charge in [-0.2, -0.15) is 0 Å². The Morgan fingerprint density at radius 2 is 1.58 bits per heavy atom. The van der Waals surface area contributed by atoms with Gasteiger partial charge in [0.05, 0.1) is 12.2 Å². The average Bonchev–Trinajstić information content (AvgIpc) is 3.17. The molecule has 1 N–H and O–H groups in total. The van der Waals surface area contributed by atoms with Crippen molar-refractivity contribution in [1.82, 2.24) is 0 Å². The molecule has 5 heteroatoms. The van der Waals surface area contributed by atoms with Crippen LogP contribution < -0.4 is 0 Å². The van der Waals surface area contributed by atoms with E-state index in [1.807, 2.05) is 0 Å². The average molecular weight is 467 g/mol. The summed E-state index contributed by atoms with van der Waals surface area (Å²) in [6.45, 7) is 8.79. The van der Waals surface area contributed by atoms with E-state index >= 15 is 0 Å². The third kappa shape index (κ3) is 4.79. The van der Waals surface area contributed by atoms with Gasteiger partial charge in [-0.1, -0.05) is 20.8 Å². The van der Waals surface area contributed by atoms with Gasteiger partial charge in [0.25, 0.3) is 0 Å². The molecule has 0 saturated heterocycles. The fraction of sp³-hybridized carbons (Fsp3) is 1.00. The van der Waals surface area contributed by atoms with E-state index in [-0.39, 0.29) is 0 Å². The molecular formula is C28H50O5. The number of methoxy groups -OCH3 is 2. The molecule has 0 heterocycles. The first-order chi connectivity index (χ1) is 15.9. The maximum atomic E-state index is 9.39. The molecule has 0 aromatic carbocycles. The second-order valence-electron chi connectivity index (χ2n) is 12.4. The van der Waals surface area contributed by atoms with E-state index < -0.39 is 0 Å². The molecule has 192 valence electrons. The van der Waals surface area contributed by atoms with Crippen molar-refractivity contribution in [3.63, 3.8) is 0 Å². The van der Waals surface area contributed by atoms with Gasteiger partial charge in [-0.25, -0.2) is 0 Å². The molecule has 0 radical (unpaired) electrons. The Bertz CT molecular complexity index is 627. The fourth-order valence-electron chi connectivity index (χ4n) is 9.39. The molecule has 5 nitrogen and oxygen atoms in total. The Morgan fingerprint density at radius 1 is 0.879 bits per heavy atom. The molecule has 4 aliphatic rings. The highest BCUT2D eigenvalue weighted by atomic mass is 16.7. The van der Waals surface area contributed by atoms with Crippen molar-refractivity contribution in [1.29, 1.82) is 0 Å². The normalized spacial score (nSPS) is 45.8. The summed E-state index contributed by atoms with van der Waals surface area (Å²) in [7, 11) is 3.46. The van der Waals surface area contributed by atoms with E-state index in [0.29, 0.717) is 61.0 Å². The molecule has 0 bridgehead atoms. The van der Waals surface area contributed by atoms with Crippen LogP contribution in [0.1, 0.15) is 85.0 Å². The van der Waals surface area contributed by atoms with Gasteiger partial charge in [0, 0.05) is 20.8 Å². The Morgan fingerprint density at radius 3 is 2.30 bits per heavy atom. The predicted octanol–water partition coefficient (Wildman–Crippen LogP) is 5.64. The zero-order valence-electron chi connectivity index (χ0n) is 21.9. The monoisotopic (exact) mass is 466 g/mol. The van der Waals surface area contributed by atoms with Gasteiger partial charge in [-0.3, -0.25) is 0 Å². The SMILES string of the molecule is COCOC1CCC2(C)C(C1)CC(OCOC)C1C2CCC2(C)C(C(C)CCCO)CCC12. The largest absolute Gasteiger partial charge is 0.396 e. The summed E-state index contributed by atoms with van der Waals surface area (Å²) in [5, 5.41) is 9.39.